The highest BCUT2D eigenvalue weighted by molar-refractivity contribution is 7.89. The fourth-order valence-corrected chi connectivity index (χ4v) is 4.03. The molecule has 6 nitrogen and oxygen atoms in total. The first-order valence-electron chi connectivity index (χ1n) is 9.04. The van der Waals surface area contributed by atoms with Crippen LogP contribution < -0.4 is 9.88 Å². The number of hydrogen-bond donors (Lipinski definition) is 1. The SMILES string of the molecule is CCOc1ccc(-c2cncn2-c2ccc(S(N)(=O)=O)c(C(C)(C)C)c2)cc1. The highest BCUT2D eigenvalue weighted by Crippen LogP contribution is 2.32. The smallest absolute Gasteiger partial charge is 0.238 e. The number of benzene rings is 2. The Kier molecular flexibility index (Phi) is 5.32. The zero-order chi connectivity index (χ0) is 20.5. The van der Waals surface area contributed by atoms with Crippen LogP contribution in [0.5, 0.6) is 5.75 Å². The topological polar surface area (TPSA) is 87.2 Å². The summed E-state index contributed by atoms with van der Waals surface area (Å²) in [6.45, 7) is 8.44. The van der Waals surface area contributed by atoms with Crippen LogP contribution in [0.4, 0.5) is 0 Å². The van der Waals surface area contributed by atoms with E-state index in [4.69, 9.17) is 9.88 Å². The molecule has 28 heavy (non-hydrogen) atoms. The Morgan fingerprint density at radius 1 is 1.11 bits per heavy atom. The Labute approximate surface area is 166 Å². The summed E-state index contributed by atoms with van der Waals surface area (Å²) in [5.74, 6) is 0.810. The molecule has 148 valence electrons. The number of aromatic nitrogens is 2. The number of sulfonamides is 1. The second-order valence-corrected chi connectivity index (χ2v) is 9.11. The van der Waals surface area contributed by atoms with Gasteiger partial charge in [0.2, 0.25) is 10.0 Å². The maximum atomic E-state index is 12.0. The van der Waals surface area contributed by atoms with Crippen molar-refractivity contribution in [2.75, 3.05) is 6.61 Å². The van der Waals surface area contributed by atoms with Gasteiger partial charge in [0.25, 0.3) is 0 Å². The van der Waals surface area contributed by atoms with Gasteiger partial charge in [-0.05, 0) is 60.4 Å². The lowest BCUT2D eigenvalue weighted by atomic mass is 9.86. The van der Waals surface area contributed by atoms with Crippen LogP contribution in [0.25, 0.3) is 16.9 Å². The third kappa shape index (κ3) is 4.10. The van der Waals surface area contributed by atoms with E-state index < -0.39 is 15.4 Å². The van der Waals surface area contributed by atoms with Gasteiger partial charge in [-0.3, -0.25) is 4.57 Å². The van der Waals surface area contributed by atoms with Gasteiger partial charge in [0.1, 0.15) is 5.75 Å². The molecule has 0 fully saturated rings. The van der Waals surface area contributed by atoms with Crippen molar-refractivity contribution in [1.29, 1.82) is 0 Å². The van der Waals surface area contributed by atoms with E-state index in [0.717, 1.165) is 22.7 Å². The van der Waals surface area contributed by atoms with E-state index in [2.05, 4.69) is 4.98 Å². The van der Waals surface area contributed by atoms with Gasteiger partial charge >= 0.3 is 0 Å². The second-order valence-electron chi connectivity index (χ2n) is 7.58. The molecule has 2 aromatic carbocycles. The molecule has 0 aliphatic rings. The first kappa shape index (κ1) is 20.1. The number of primary sulfonamides is 1. The van der Waals surface area contributed by atoms with Gasteiger partial charge in [0.05, 0.1) is 29.7 Å². The molecular formula is C21H25N3O3S. The first-order chi connectivity index (χ1) is 13.1. The average molecular weight is 400 g/mol. The van der Waals surface area contributed by atoms with Crippen molar-refractivity contribution in [2.24, 2.45) is 5.14 Å². The Hall–Kier alpha value is -2.64. The number of hydrogen-bond acceptors (Lipinski definition) is 4. The van der Waals surface area contributed by atoms with Gasteiger partial charge in [-0.2, -0.15) is 0 Å². The summed E-state index contributed by atoms with van der Waals surface area (Å²) >= 11 is 0. The number of imidazole rings is 1. The predicted molar refractivity (Wildman–Crippen MR) is 110 cm³/mol. The summed E-state index contributed by atoms with van der Waals surface area (Å²) in [5.41, 5.74) is 2.97. The van der Waals surface area contributed by atoms with Gasteiger partial charge in [0, 0.05) is 11.3 Å². The first-order valence-corrected chi connectivity index (χ1v) is 10.6. The Balaban J connectivity index is 2.10. The van der Waals surface area contributed by atoms with Crippen LogP contribution >= 0.6 is 0 Å². The molecule has 3 aromatic rings. The minimum Gasteiger partial charge on any atom is -0.494 e. The lowest BCUT2D eigenvalue weighted by molar-refractivity contribution is 0.340. The van der Waals surface area contributed by atoms with Crippen LogP contribution in [0, 0.1) is 0 Å². The highest BCUT2D eigenvalue weighted by Gasteiger charge is 2.24. The summed E-state index contributed by atoms with van der Waals surface area (Å²) in [6.07, 6.45) is 3.49. The quantitative estimate of drug-likeness (QED) is 0.705. The molecule has 7 heteroatoms. The minimum atomic E-state index is -3.81. The van der Waals surface area contributed by atoms with Gasteiger partial charge in [0.15, 0.2) is 0 Å². The van der Waals surface area contributed by atoms with E-state index >= 15 is 0 Å². The number of nitrogens with two attached hydrogens (primary N) is 1. The van der Waals surface area contributed by atoms with E-state index in [1.165, 1.54) is 0 Å². The lowest BCUT2D eigenvalue weighted by Gasteiger charge is -2.23. The van der Waals surface area contributed by atoms with E-state index in [9.17, 15) is 8.42 Å². The zero-order valence-corrected chi connectivity index (χ0v) is 17.3. The van der Waals surface area contributed by atoms with Crippen LogP contribution in [0.1, 0.15) is 33.3 Å². The van der Waals surface area contributed by atoms with Gasteiger partial charge in [-0.15, -0.1) is 0 Å². The third-order valence-electron chi connectivity index (χ3n) is 4.46. The molecule has 0 saturated carbocycles. The molecule has 0 bridgehead atoms. The highest BCUT2D eigenvalue weighted by atomic mass is 32.2. The minimum absolute atomic E-state index is 0.145. The van der Waals surface area contributed by atoms with Crippen molar-refractivity contribution < 1.29 is 13.2 Å². The normalized spacial score (nSPS) is 12.2. The van der Waals surface area contributed by atoms with Crippen molar-refractivity contribution in [3.05, 3.63) is 60.6 Å². The van der Waals surface area contributed by atoms with Crippen molar-refractivity contribution in [2.45, 2.75) is 38.0 Å². The van der Waals surface area contributed by atoms with Crippen molar-refractivity contribution in [1.82, 2.24) is 9.55 Å². The molecule has 1 aromatic heterocycles. The van der Waals surface area contributed by atoms with Crippen LogP contribution in [0.3, 0.4) is 0 Å². The molecule has 0 unspecified atom stereocenters. The van der Waals surface area contributed by atoms with E-state index in [0.29, 0.717) is 12.2 Å². The lowest BCUT2D eigenvalue weighted by Crippen LogP contribution is -2.21. The summed E-state index contributed by atoms with van der Waals surface area (Å²) in [5, 5.41) is 5.42. The molecule has 0 aliphatic carbocycles. The molecule has 0 saturated heterocycles. The number of rotatable bonds is 5. The van der Waals surface area contributed by atoms with Crippen molar-refractivity contribution >= 4 is 10.0 Å². The largest absolute Gasteiger partial charge is 0.494 e. The van der Waals surface area contributed by atoms with Crippen molar-refractivity contribution in [3.63, 3.8) is 0 Å². The van der Waals surface area contributed by atoms with E-state index in [1.807, 2.05) is 62.6 Å². The van der Waals surface area contributed by atoms with E-state index in [1.54, 1.807) is 24.7 Å². The number of ether oxygens (including phenoxy) is 1. The molecule has 0 amide bonds. The molecule has 0 aliphatic heterocycles. The zero-order valence-electron chi connectivity index (χ0n) is 16.5. The Morgan fingerprint density at radius 3 is 2.36 bits per heavy atom. The molecule has 0 spiro atoms. The molecule has 1 heterocycles. The molecule has 0 atom stereocenters. The van der Waals surface area contributed by atoms with Gasteiger partial charge < -0.3 is 4.74 Å². The van der Waals surface area contributed by atoms with Crippen LogP contribution in [0.2, 0.25) is 0 Å². The molecule has 3 rings (SSSR count). The van der Waals surface area contributed by atoms with Gasteiger partial charge in [-0.25, -0.2) is 18.5 Å². The molecule has 2 N–H and O–H groups in total. The summed E-state index contributed by atoms with van der Waals surface area (Å²) in [7, 11) is -3.81. The standard InChI is InChI=1S/C21H25N3O3S/c1-5-27-17-9-6-15(7-10-17)19-13-23-14-24(19)16-8-11-20(28(22,25)26)18(12-16)21(2,3)4/h6-14H,5H2,1-4H3,(H2,22,25,26). The van der Waals surface area contributed by atoms with Crippen LogP contribution in [-0.2, 0) is 15.4 Å². The fourth-order valence-electron chi connectivity index (χ4n) is 3.10. The maximum absolute atomic E-state index is 12.0. The summed E-state index contributed by atoms with van der Waals surface area (Å²) in [4.78, 5) is 4.43. The Morgan fingerprint density at radius 2 is 1.79 bits per heavy atom. The Bertz CT molecular complexity index is 1080. The second kappa shape index (κ2) is 7.41. The molecular weight excluding hydrogens is 374 g/mol. The number of nitrogens with zero attached hydrogens (tertiary/aromatic N) is 2. The van der Waals surface area contributed by atoms with Gasteiger partial charge in [-0.1, -0.05) is 20.8 Å². The van der Waals surface area contributed by atoms with Crippen molar-refractivity contribution in [3.8, 4) is 22.7 Å². The maximum Gasteiger partial charge on any atom is 0.238 e. The third-order valence-corrected chi connectivity index (χ3v) is 5.42. The fraction of sp³-hybridized carbons (Fsp3) is 0.286. The van der Waals surface area contributed by atoms with Crippen LogP contribution in [0.15, 0.2) is 59.9 Å². The van der Waals surface area contributed by atoms with Crippen LogP contribution in [-0.4, -0.2) is 24.6 Å². The summed E-state index contributed by atoms with van der Waals surface area (Å²) < 4.78 is 31.5. The van der Waals surface area contributed by atoms with E-state index in [-0.39, 0.29) is 4.90 Å². The average Bonchev–Trinajstić information content (AvgIpc) is 3.10. The summed E-state index contributed by atoms with van der Waals surface area (Å²) in [6, 6.07) is 13.0. The molecule has 0 radical (unpaired) electrons. The predicted octanol–water partition coefficient (Wildman–Crippen LogP) is 3.88. The monoisotopic (exact) mass is 399 g/mol.